The normalized spacial score (nSPS) is 11.1. The molecule has 0 aliphatic heterocycles. The van der Waals surface area contributed by atoms with Gasteiger partial charge in [-0.25, -0.2) is 0 Å². The van der Waals surface area contributed by atoms with Crippen LogP contribution in [-0.4, -0.2) is 6.61 Å². The van der Waals surface area contributed by atoms with Gasteiger partial charge in [0, 0.05) is 12.2 Å². The lowest BCUT2D eigenvalue weighted by Gasteiger charge is -2.03. The standard InChI is InChI=1S/C15H27NO2/c1-3-4-5-6-7-8-9-17-12-14-10-15(11-16)18-13(14)2/h10H,3-9,11-12,16H2,1-2H3. The van der Waals surface area contributed by atoms with Crippen LogP contribution in [0.4, 0.5) is 0 Å². The summed E-state index contributed by atoms with van der Waals surface area (Å²) >= 11 is 0. The van der Waals surface area contributed by atoms with Gasteiger partial charge in [0.05, 0.1) is 13.2 Å². The molecule has 2 N–H and O–H groups in total. The SMILES string of the molecule is CCCCCCCCOCc1cc(CN)oc1C. The van der Waals surface area contributed by atoms with Crippen molar-refractivity contribution in [3.63, 3.8) is 0 Å². The molecule has 3 heteroatoms. The van der Waals surface area contributed by atoms with E-state index in [1.165, 1.54) is 32.1 Å². The summed E-state index contributed by atoms with van der Waals surface area (Å²) in [5.74, 6) is 1.77. The molecule has 0 saturated carbocycles. The molecule has 0 aliphatic rings. The molecule has 3 nitrogen and oxygen atoms in total. The van der Waals surface area contributed by atoms with Crippen molar-refractivity contribution < 1.29 is 9.15 Å². The molecule has 0 spiro atoms. The highest BCUT2D eigenvalue weighted by Crippen LogP contribution is 2.15. The Labute approximate surface area is 111 Å². The summed E-state index contributed by atoms with van der Waals surface area (Å²) < 4.78 is 11.1. The summed E-state index contributed by atoms with van der Waals surface area (Å²) in [7, 11) is 0. The second-order valence-corrected chi connectivity index (χ2v) is 4.82. The fourth-order valence-corrected chi connectivity index (χ4v) is 2.00. The molecule has 1 rings (SSSR count). The summed E-state index contributed by atoms with van der Waals surface area (Å²) in [5, 5.41) is 0. The zero-order chi connectivity index (χ0) is 13.2. The first-order valence-electron chi connectivity index (χ1n) is 7.14. The highest BCUT2D eigenvalue weighted by Gasteiger charge is 2.05. The van der Waals surface area contributed by atoms with Crippen LogP contribution in [0, 0.1) is 6.92 Å². The molecule has 1 heterocycles. The first-order valence-corrected chi connectivity index (χ1v) is 7.14. The molecule has 0 radical (unpaired) electrons. The fraction of sp³-hybridized carbons (Fsp3) is 0.733. The summed E-state index contributed by atoms with van der Waals surface area (Å²) in [6.45, 7) is 6.14. The Hall–Kier alpha value is -0.800. The van der Waals surface area contributed by atoms with Crippen LogP contribution in [0.25, 0.3) is 0 Å². The molecule has 1 aromatic heterocycles. The van der Waals surface area contributed by atoms with E-state index in [4.69, 9.17) is 14.9 Å². The zero-order valence-corrected chi connectivity index (χ0v) is 11.8. The van der Waals surface area contributed by atoms with E-state index < -0.39 is 0 Å². The highest BCUT2D eigenvalue weighted by atomic mass is 16.5. The van der Waals surface area contributed by atoms with Crippen LogP contribution in [0.15, 0.2) is 10.5 Å². The van der Waals surface area contributed by atoms with Gasteiger partial charge in [0.15, 0.2) is 0 Å². The number of aryl methyl sites for hydroxylation is 1. The lowest BCUT2D eigenvalue weighted by Crippen LogP contribution is -1.96. The largest absolute Gasteiger partial charge is 0.465 e. The molecule has 18 heavy (non-hydrogen) atoms. The number of hydrogen-bond acceptors (Lipinski definition) is 3. The van der Waals surface area contributed by atoms with E-state index in [1.54, 1.807) is 0 Å². The summed E-state index contributed by atoms with van der Waals surface area (Å²) in [4.78, 5) is 0. The van der Waals surface area contributed by atoms with Gasteiger partial charge in [-0.1, -0.05) is 39.0 Å². The minimum absolute atomic E-state index is 0.457. The van der Waals surface area contributed by atoms with E-state index in [0.717, 1.165) is 30.1 Å². The average molecular weight is 253 g/mol. The van der Waals surface area contributed by atoms with E-state index in [-0.39, 0.29) is 0 Å². The molecular formula is C15H27NO2. The quantitative estimate of drug-likeness (QED) is 0.643. The van der Waals surface area contributed by atoms with E-state index >= 15 is 0 Å². The number of ether oxygens (including phenoxy) is 1. The Bertz CT molecular complexity index is 320. The van der Waals surface area contributed by atoms with Gasteiger partial charge in [0.2, 0.25) is 0 Å². The van der Waals surface area contributed by atoms with Crippen LogP contribution in [0.3, 0.4) is 0 Å². The van der Waals surface area contributed by atoms with Gasteiger partial charge in [-0.05, 0) is 19.4 Å². The number of nitrogens with two attached hydrogens (primary N) is 1. The molecular weight excluding hydrogens is 226 g/mol. The Morgan fingerprint density at radius 1 is 1.17 bits per heavy atom. The molecule has 0 bridgehead atoms. The van der Waals surface area contributed by atoms with Gasteiger partial charge in [-0.2, -0.15) is 0 Å². The second-order valence-electron chi connectivity index (χ2n) is 4.82. The predicted molar refractivity (Wildman–Crippen MR) is 74.4 cm³/mol. The third-order valence-corrected chi connectivity index (χ3v) is 3.17. The molecule has 0 fully saturated rings. The van der Waals surface area contributed by atoms with Gasteiger partial charge >= 0.3 is 0 Å². The van der Waals surface area contributed by atoms with Crippen LogP contribution in [-0.2, 0) is 17.9 Å². The molecule has 104 valence electrons. The summed E-state index contributed by atoms with van der Waals surface area (Å²) in [6, 6.07) is 2.00. The van der Waals surface area contributed by atoms with Gasteiger partial charge in [0.25, 0.3) is 0 Å². The maximum Gasteiger partial charge on any atom is 0.118 e. The van der Waals surface area contributed by atoms with Crippen molar-refractivity contribution in [2.24, 2.45) is 5.73 Å². The first kappa shape index (κ1) is 15.3. The Morgan fingerprint density at radius 3 is 2.56 bits per heavy atom. The van der Waals surface area contributed by atoms with E-state index in [9.17, 15) is 0 Å². The Morgan fingerprint density at radius 2 is 1.89 bits per heavy atom. The number of rotatable bonds is 10. The lowest BCUT2D eigenvalue weighted by atomic mass is 10.1. The van der Waals surface area contributed by atoms with Crippen molar-refractivity contribution in [2.75, 3.05) is 6.61 Å². The number of unbranched alkanes of at least 4 members (excludes halogenated alkanes) is 5. The smallest absolute Gasteiger partial charge is 0.118 e. The maximum atomic E-state index is 5.66. The molecule has 0 saturated heterocycles. The summed E-state index contributed by atoms with van der Waals surface area (Å²) in [5.41, 5.74) is 6.66. The molecule has 1 aromatic rings. The number of furan rings is 1. The van der Waals surface area contributed by atoms with E-state index in [0.29, 0.717) is 13.2 Å². The van der Waals surface area contributed by atoms with Crippen molar-refractivity contribution in [2.45, 2.75) is 65.5 Å². The average Bonchev–Trinajstić information content (AvgIpc) is 2.73. The van der Waals surface area contributed by atoms with Crippen molar-refractivity contribution in [1.29, 1.82) is 0 Å². The van der Waals surface area contributed by atoms with Crippen molar-refractivity contribution >= 4 is 0 Å². The monoisotopic (exact) mass is 253 g/mol. The highest BCUT2D eigenvalue weighted by molar-refractivity contribution is 5.19. The van der Waals surface area contributed by atoms with Gasteiger partial charge in [-0.3, -0.25) is 0 Å². The summed E-state index contributed by atoms with van der Waals surface area (Å²) in [6.07, 6.45) is 7.79. The maximum absolute atomic E-state index is 5.66. The van der Waals surface area contributed by atoms with Gasteiger partial charge in [0.1, 0.15) is 11.5 Å². The minimum Gasteiger partial charge on any atom is -0.465 e. The molecule has 0 amide bonds. The Kier molecular flexibility index (Phi) is 7.78. The lowest BCUT2D eigenvalue weighted by molar-refractivity contribution is 0.116. The van der Waals surface area contributed by atoms with Gasteiger partial charge < -0.3 is 14.9 Å². The van der Waals surface area contributed by atoms with Crippen molar-refractivity contribution in [3.05, 3.63) is 23.2 Å². The zero-order valence-electron chi connectivity index (χ0n) is 11.8. The molecule has 0 unspecified atom stereocenters. The second kappa shape index (κ2) is 9.17. The first-order chi connectivity index (χ1) is 8.77. The van der Waals surface area contributed by atoms with E-state index in [2.05, 4.69) is 6.92 Å². The topological polar surface area (TPSA) is 48.4 Å². The Balaban J connectivity index is 2.05. The third kappa shape index (κ3) is 5.69. The van der Waals surface area contributed by atoms with Crippen LogP contribution in [0.2, 0.25) is 0 Å². The van der Waals surface area contributed by atoms with Crippen molar-refractivity contribution in [3.8, 4) is 0 Å². The van der Waals surface area contributed by atoms with Crippen LogP contribution in [0.1, 0.15) is 62.5 Å². The number of hydrogen-bond donors (Lipinski definition) is 1. The van der Waals surface area contributed by atoms with Crippen LogP contribution >= 0.6 is 0 Å². The van der Waals surface area contributed by atoms with Crippen LogP contribution < -0.4 is 5.73 Å². The fourth-order valence-electron chi connectivity index (χ4n) is 2.00. The molecule has 0 atom stereocenters. The van der Waals surface area contributed by atoms with Crippen molar-refractivity contribution in [1.82, 2.24) is 0 Å². The predicted octanol–water partition coefficient (Wildman–Crippen LogP) is 3.92. The van der Waals surface area contributed by atoms with Crippen LogP contribution in [0.5, 0.6) is 0 Å². The minimum atomic E-state index is 0.457. The molecule has 0 aliphatic carbocycles. The van der Waals surface area contributed by atoms with Gasteiger partial charge in [-0.15, -0.1) is 0 Å². The molecule has 0 aromatic carbocycles. The third-order valence-electron chi connectivity index (χ3n) is 3.17. The van der Waals surface area contributed by atoms with E-state index in [1.807, 2.05) is 13.0 Å².